The first kappa shape index (κ1) is 15.2. The number of hydrogen-bond donors (Lipinski definition) is 0. The van der Waals surface area contributed by atoms with Gasteiger partial charge in [-0.3, -0.25) is 14.6 Å². The summed E-state index contributed by atoms with van der Waals surface area (Å²) in [6.07, 6.45) is 2.38. The van der Waals surface area contributed by atoms with E-state index in [1.807, 2.05) is 0 Å². The Balaban J connectivity index is 1.90. The zero-order chi connectivity index (χ0) is 16.6. The van der Waals surface area contributed by atoms with Gasteiger partial charge >= 0.3 is 0 Å². The summed E-state index contributed by atoms with van der Waals surface area (Å²) in [7, 11) is 0. The van der Waals surface area contributed by atoms with Crippen LogP contribution in [-0.2, 0) is 0 Å². The van der Waals surface area contributed by atoms with Gasteiger partial charge in [0.25, 0.3) is 11.8 Å². The van der Waals surface area contributed by atoms with Gasteiger partial charge in [-0.2, -0.15) is 0 Å². The summed E-state index contributed by atoms with van der Waals surface area (Å²) in [5.74, 6) is -0.00814. The van der Waals surface area contributed by atoms with Crippen molar-refractivity contribution in [2.45, 2.75) is 27.2 Å². The van der Waals surface area contributed by atoms with Crippen molar-refractivity contribution < 1.29 is 14.1 Å². The fourth-order valence-electron chi connectivity index (χ4n) is 2.80. The number of rotatable bonds is 2. The lowest BCUT2D eigenvalue weighted by atomic mass is 10.2. The summed E-state index contributed by atoms with van der Waals surface area (Å²) in [6, 6.07) is 3.44. The van der Waals surface area contributed by atoms with Crippen LogP contribution in [0.25, 0.3) is 0 Å². The molecule has 1 aliphatic rings. The number of pyridine rings is 1. The molecule has 0 radical (unpaired) electrons. The standard InChI is InChI=1S/C16H18N4O3/c1-10-13(6-4-7-17-10)15(21)19-8-5-9-20(19)16(22)14-11(2)18-23-12(14)3/h4,6-7H,5,8-9H2,1-3H3. The molecule has 2 amide bonds. The van der Waals surface area contributed by atoms with Crippen molar-refractivity contribution in [3.8, 4) is 0 Å². The molecule has 1 fully saturated rings. The normalized spacial score (nSPS) is 14.4. The highest BCUT2D eigenvalue weighted by Gasteiger charge is 2.34. The lowest BCUT2D eigenvalue weighted by Gasteiger charge is -2.28. The van der Waals surface area contributed by atoms with Crippen LogP contribution in [0.1, 0.15) is 44.3 Å². The highest BCUT2D eigenvalue weighted by molar-refractivity contribution is 6.00. The number of amides is 2. The molecule has 0 spiro atoms. The summed E-state index contributed by atoms with van der Waals surface area (Å²) in [5.41, 5.74) is 2.11. The molecule has 7 heteroatoms. The van der Waals surface area contributed by atoms with Gasteiger partial charge in [0.05, 0.1) is 17.0 Å². The van der Waals surface area contributed by atoms with Crippen LogP contribution in [0.5, 0.6) is 0 Å². The molecule has 0 aliphatic carbocycles. The SMILES string of the molecule is Cc1ncccc1C(=O)N1CCCN1C(=O)c1c(C)noc1C. The quantitative estimate of drug-likeness (QED) is 0.846. The first-order valence-corrected chi connectivity index (χ1v) is 7.49. The second-order valence-corrected chi connectivity index (χ2v) is 5.55. The molecule has 23 heavy (non-hydrogen) atoms. The minimum Gasteiger partial charge on any atom is -0.361 e. The minimum atomic E-state index is -0.256. The maximum atomic E-state index is 12.8. The molecular formula is C16H18N4O3. The number of hydrogen-bond acceptors (Lipinski definition) is 5. The van der Waals surface area contributed by atoms with Gasteiger partial charge in [0.2, 0.25) is 0 Å². The third kappa shape index (κ3) is 2.58. The van der Waals surface area contributed by atoms with E-state index in [4.69, 9.17) is 4.52 Å². The first-order chi connectivity index (χ1) is 11.0. The Morgan fingerprint density at radius 1 is 1.09 bits per heavy atom. The molecule has 1 aliphatic heterocycles. The van der Waals surface area contributed by atoms with Gasteiger partial charge in [-0.15, -0.1) is 0 Å². The van der Waals surface area contributed by atoms with Crippen molar-refractivity contribution in [3.63, 3.8) is 0 Å². The highest BCUT2D eigenvalue weighted by atomic mass is 16.5. The Morgan fingerprint density at radius 3 is 2.39 bits per heavy atom. The smallest absolute Gasteiger partial charge is 0.277 e. The van der Waals surface area contributed by atoms with E-state index in [0.29, 0.717) is 41.4 Å². The Hall–Kier alpha value is -2.70. The Kier molecular flexibility index (Phi) is 3.85. The highest BCUT2D eigenvalue weighted by Crippen LogP contribution is 2.22. The van der Waals surface area contributed by atoms with Crippen molar-refractivity contribution in [2.75, 3.05) is 13.1 Å². The van der Waals surface area contributed by atoms with Crippen molar-refractivity contribution in [1.29, 1.82) is 0 Å². The van der Waals surface area contributed by atoms with Crippen LogP contribution in [-0.4, -0.2) is 45.1 Å². The van der Waals surface area contributed by atoms with Crippen LogP contribution in [0.2, 0.25) is 0 Å². The third-order valence-electron chi connectivity index (χ3n) is 3.98. The molecule has 0 N–H and O–H groups in total. The molecular weight excluding hydrogens is 296 g/mol. The van der Waals surface area contributed by atoms with E-state index in [1.165, 1.54) is 10.0 Å². The van der Waals surface area contributed by atoms with E-state index >= 15 is 0 Å². The predicted octanol–water partition coefficient (Wildman–Crippen LogP) is 1.90. The maximum Gasteiger partial charge on any atom is 0.277 e. The van der Waals surface area contributed by atoms with Gasteiger partial charge in [-0.1, -0.05) is 5.16 Å². The second kappa shape index (κ2) is 5.83. The number of aryl methyl sites for hydroxylation is 3. The van der Waals surface area contributed by atoms with E-state index < -0.39 is 0 Å². The molecule has 3 rings (SSSR count). The van der Waals surface area contributed by atoms with Gasteiger partial charge in [0.15, 0.2) is 0 Å². The number of carbonyl (C=O) groups excluding carboxylic acids is 2. The van der Waals surface area contributed by atoms with Crippen molar-refractivity contribution in [2.24, 2.45) is 0 Å². The fourth-order valence-corrected chi connectivity index (χ4v) is 2.80. The fraction of sp³-hybridized carbons (Fsp3) is 0.375. The topological polar surface area (TPSA) is 79.5 Å². The van der Waals surface area contributed by atoms with Crippen LogP contribution in [0, 0.1) is 20.8 Å². The number of hydrazine groups is 1. The van der Waals surface area contributed by atoms with E-state index in [1.54, 1.807) is 39.1 Å². The number of nitrogens with zero attached hydrogens (tertiary/aromatic N) is 4. The number of aromatic nitrogens is 2. The molecule has 0 atom stereocenters. The van der Waals surface area contributed by atoms with Crippen LogP contribution in [0.4, 0.5) is 0 Å². The summed E-state index contributed by atoms with van der Waals surface area (Å²) >= 11 is 0. The van der Waals surface area contributed by atoms with Crippen LogP contribution < -0.4 is 0 Å². The van der Waals surface area contributed by atoms with Crippen molar-refractivity contribution >= 4 is 11.8 Å². The van der Waals surface area contributed by atoms with E-state index in [2.05, 4.69) is 10.1 Å². The molecule has 7 nitrogen and oxygen atoms in total. The maximum absolute atomic E-state index is 12.8. The monoisotopic (exact) mass is 314 g/mol. The zero-order valence-electron chi connectivity index (χ0n) is 13.4. The van der Waals surface area contributed by atoms with Crippen LogP contribution >= 0.6 is 0 Å². The van der Waals surface area contributed by atoms with Gasteiger partial charge < -0.3 is 4.52 Å². The summed E-state index contributed by atoms with van der Waals surface area (Å²) in [4.78, 5) is 29.7. The lowest BCUT2D eigenvalue weighted by molar-refractivity contribution is 0.0183. The van der Waals surface area contributed by atoms with Crippen molar-refractivity contribution in [1.82, 2.24) is 20.2 Å². The largest absolute Gasteiger partial charge is 0.361 e. The molecule has 0 unspecified atom stereocenters. The van der Waals surface area contributed by atoms with E-state index in [0.717, 1.165) is 6.42 Å². The van der Waals surface area contributed by atoms with Gasteiger partial charge in [0, 0.05) is 19.3 Å². The predicted molar refractivity (Wildman–Crippen MR) is 81.6 cm³/mol. The second-order valence-electron chi connectivity index (χ2n) is 5.55. The zero-order valence-corrected chi connectivity index (χ0v) is 13.4. The third-order valence-corrected chi connectivity index (χ3v) is 3.98. The molecule has 2 aromatic rings. The van der Waals surface area contributed by atoms with Crippen LogP contribution in [0.3, 0.4) is 0 Å². The Morgan fingerprint density at radius 2 is 1.78 bits per heavy atom. The van der Waals surface area contributed by atoms with Gasteiger partial charge in [-0.25, -0.2) is 10.0 Å². The van der Waals surface area contributed by atoms with Gasteiger partial charge in [-0.05, 0) is 39.3 Å². The van der Waals surface area contributed by atoms with E-state index in [9.17, 15) is 9.59 Å². The van der Waals surface area contributed by atoms with Crippen molar-refractivity contribution in [3.05, 3.63) is 46.6 Å². The molecule has 120 valence electrons. The average Bonchev–Trinajstić information content (AvgIpc) is 3.14. The molecule has 2 aromatic heterocycles. The molecule has 1 saturated heterocycles. The van der Waals surface area contributed by atoms with Gasteiger partial charge in [0.1, 0.15) is 11.3 Å². The lowest BCUT2D eigenvalue weighted by Crippen LogP contribution is -2.45. The minimum absolute atomic E-state index is 0.215. The Bertz CT molecular complexity index is 749. The first-order valence-electron chi connectivity index (χ1n) is 7.49. The summed E-state index contributed by atoms with van der Waals surface area (Å²) < 4.78 is 5.06. The average molecular weight is 314 g/mol. The molecule has 0 saturated carbocycles. The van der Waals surface area contributed by atoms with E-state index in [-0.39, 0.29) is 11.8 Å². The summed E-state index contributed by atoms with van der Waals surface area (Å²) in [5, 5.41) is 6.77. The molecule has 3 heterocycles. The Labute approximate surface area is 133 Å². The molecule has 0 aromatic carbocycles. The van der Waals surface area contributed by atoms with Crippen LogP contribution in [0.15, 0.2) is 22.9 Å². The number of carbonyl (C=O) groups is 2. The molecule has 0 bridgehead atoms. The summed E-state index contributed by atoms with van der Waals surface area (Å²) in [6.45, 7) is 6.19.